The van der Waals surface area contributed by atoms with Gasteiger partial charge in [0, 0.05) is 18.3 Å². The lowest BCUT2D eigenvalue weighted by molar-refractivity contribution is -0.0345. The molecule has 2 atom stereocenters. The molecule has 2 unspecified atom stereocenters. The van der Waals surface area contributed by atoms with Crippen LogP contribution in [0.15, 0.2) is 24.3 Å². The van der Waals surface area contributed by atoms with E-state index < -0.39 is 5.60 Å². The maximum Gasteiger partial charge on any atom is 0.410 e. The summed E-state index contributed by atoms with van der Waals surface area (Å²) in [5, 5.41) is 12.4. The molecule has 0 radical (unpaired) electrons. The zero-order valence-corrected chi connectivity index (χ0v) is 15.4. The molecule has 0 saturated carbocycles. The Balaban J connectivity index is 1.98. The van der Waals surface area contributed by atoms with E-state index in [1.807, 2.05) is 39.0 Å². The second-order valence-electron chi connectivity index (χ2n) is 7.38. The number of ether oxygens (including phenoxy) is 2. The number of hydrogen-bond acceptors (Lipinski definition) is 5. The van der Waals surface area contributed by atoms with Gasteiger partial charge in [0.2, 0.25) is 0 Å². The zero-order valence-electron chi connectivity index (χ0n) is 15.4. The van der Waals surface area contributed by atoms with Crippen LogP contribution in [0.25, 0.3) is 0 Å². The molecular formula is C19H27N3O3. The van der Waals surface area contributed by atoms with Crippen LogP contribution in [-0.2, 0) is 9.47 Å². The smallest absolute Gasteiger partial charge is 0.410 e. The van der Waals surface area contributed by atoms with Crippen molar-refractivity contribution in [3.8, 4) is 6.07 Å². The second-order valence-corrected chi connectivity index (χ2v) is 7.38. The highest BCUT2D eigenvalue weighted by Crippen LogP contribution is 2.19. The summed E-state index contributed by atoms with van der Waals surface area (Å²) in [5.74, 6) is 0. The fraction of sp³-hybridized carbons (Fsp3) is 0.579. The molecule has 0 spiro atoms. The highest BCUT2D eigenvalue weighted by Gasteiger charge is 2.31. The summed E-state index contributed by atoms with van der Waals surface area (Å²) >= 11 is 0. The average molecular weight is 345 g/mol. The van der Waals surface area contributed by atoms with Crippen molar-refractivity contribution in [1.82, 2.24) is 4.90 Å². The minimum absolute atomic E-state index is 0.0368. The van der Waals surface area contributed by atoms with Gasteiger partial charge in [-0.15, -0.1) is 0 Å². The van der Waals surface area contributed by atoms with Crippen molar-refractivity contribution in [1.29, 1.82) is 5.26 Å². The molecule has 2 rings (SSSR count). The van der Waals surface area contributed by atoms with E-state index >= 15 is 0 Å². The summed E-state index contributed by atoms with van der Waals surface area (Å²) in [5.41, 5.74) is 1.00. The first-order chi connectivity index (χ1) is 11.8. The fourth-order valence-electron chi connectivity index (χ4n) is 2.84. The number of morpholine rings is 1. The highest BCUT2D eigenvalue weighted by molar-refractivity contribution is 5.68. The van der Waals surface area contributed by atoms with Crippen LogP contribution < -0.4 is 5.32 Å². The van der Waals surface area contributed by atoms with Crippen LogP contribution in [-0.4, -0.2) is 48.4 Å². The van der Waals surface area contributed by atoms with E-state index in [9.17, 15) is 4.79 Å². The Hall–Kier alpha value is -2.26. The number of rotatable bonds is 4. The predicted molar refractivity (Wildman–Crippen MR) is 96.4 cm³/mol. The van der Waals surface area contributed by atoms with Crippen molar-refractivity contribution >= 4 is 11.8 Å². The molecule has 1 aromatic rings. The van der Waals surface area contributed by atoms with Gasteiger partial charge in [-0.25, -0.2) is 4.79 Å². The molecule has 1 amide bonds. The molecule has 1 aromatic carbocycles. The molecule has 25 heavy (non-hydrogen) atoms. The molecule has 136 valence electrons. The van der Waals surface area contributed by atoms with Gasteiger partial charge in [0.25, 0.3) is 0 Å². The number of amides is 1. The van der Waals surface area contributed by atoms with E-state index in [1.54, 1.807) is 11.0 Å². The van der Waals surface area contributed by atoms with Crippen molar-refractivity contribution in [2.24, 2.45) is 0 Å². The molecule has 6 heteroatoms. The third-order valence-corrected chi connectivity index (χ3v) is 3.89. The van der Waals surface area contributed by atoms with Gasteiger partial charge in [0.15, 0.2) is 0 Å². The maximum atomic E-state index is 12.4. The summed E-state index contributed by atoms with van der Waals surface area (Å²) in [6, 6.07) is 9.59. The quantitative estimate of drug-likeness (QED) is 0.905. The third kappa shape index (κ3) is 5.95. The average Bonchev–Trinajstić information content (AvgIpc) is 2.53. The van der Waals surface area contributed by atoms with Crippen molar-refractivity contribution in [2.75, 3.05) is 25.1 Å². The van der Waals surface area contributed by atoms with Crippen LogP contribution >= 0.6 is 0 Å². The lowest BCUT2D eigenvalue weighted by Gasteiger charge is -2.37. The first-order valence-corrected chi connectivity index (χ1v) is 8.62. The Morgan fingerprint density at radius 2 is 2.28 bits per heavy atom. The topological polar surface area (TPSA) is 74.6 Å². The number of nitriles is 1. The molecule has 1 saturated heterocycles. The monoisotopic (exact) mass is 345 g/mol. The Morgan fingerprint density at radius 1 is 1.52 bits per heavy atom. The molecule has 1 N–H and O–H groups in total. The molecule has 0 bridgehead atoms. The zero-order chi connectivity index (χ0) is 18.4. The summed E-state index contributed by atoms with van der Waals surface area (Å²) < 4.78 is 11.1. The van der Waals surface area contributed by atoms with E-state index in [-0.39, 0.29) is 18.2 Å². The fourth-order valence-corrected chi connectivity index (χ4v) is 2.84. The Morgan fingerprint density at radius 3 is 2.96 bits per heavy atom. The highest BCUT2D eigenvalue weighted by atomic mass is 16.6. The minimum atomic E-state index is -0.512. The van der Waals surface area contributed by atoms with Crippen molar-refractivity contribution in [3.05, 3.63) is 29.8 Å². The summed E-state index contributed by atoms with van der Waals surface area (Å²) in [6.45, 7) is 9.23. The molecule has 0 aromatic heterocycles. The van der Waals surface area contributed by atoms with Crippen molar-refractivity contribution < 1.29 is 14.3 Å². The van der Waals surface area contributed by atoms with E-state index in [0.717, 1.165) is 12.1 Å². The van der Waals surface area contributed by atoms with E-state index in [0.29, 0.717) is 25.3 Å². The number of carbonyl (C=O) groups excluding carboxylic acids is 1. The number of anilines is 1. The van der Waals surface area contributed by atoms with Gasteiger partial charge >= 0.3 is 6.09 Å². The van der Waals surface area contributed by atoms with Crippen LogP contribution in [0, 0.1) is 11.3 Å². The molecule has 1 aliphatic rings. The van der Waals surface area contributed by atoms with Crippen LogP contribution in [0.3, 0.4) is 0 Å². The second kappa shape index (κ2) is 8.21. The largest absolute Gasteiger partial charge is 0.444 e. The third-order valence-electron chi connectivity index (χ3n) is 3.89. The first kappa shape index (κ1) is 19.1. The van der Waals surface area contributed by atoms with Gasteiger partial charge in [-0.05, 0) is 52.3 Å². The molecular weight excluding hydrogens is 318 g/mol. The van der Waals surface area contributed by atoms with Gasteiger partial charge in [-0.3, -0.25) is 0 Å². The number of hydrogen-bond donors (Lipinski definition) is 1. The number of carbonyl (C=O) groups is 1. The first-order valence-electron chi connectivity index (χ1n) is 8.62. The maximum absolute atomic E-state index is 12.4. The molecule has 1 heterocycles. The SMILES string of the molecule is CC(CC1COCCN1C(=O)OC(C)(C)C)Nc1cccc(C#N)c1. The van der Waals surface area contributed by atoms with Crippen LogP contribution in [0.4, 0.5) is 10.5 Å². The van der Waals surface area contributed by atoms with Gasteiger partial charge < -0.3 is 19.7 Å². The van der Waals surface area contributed by atoms with Gasteiger partial charge in [0.05, 0.1) is 30.9 Å². The molecule has 1 fully saturated rings. The van der Waals surface area contributed by atoms with Gasteiger partial charge in [-0.2, -0.15) is 5.26 Å². The van der Waals surface area contributed by atoms with Crippen molar-refractivity contribution in [3.63, 3.8) is 0 Å². The van der Waals surface area contributed by atoms with Crippen LogP contribution in [0.5, 0.6) is 0 Å². The molecule has 0 aliphatic carbocycles. The Kier molecular flexibility index (Phi) is 6.27. The Bertz CT molecular complexity index is 634. The van der Waals surface area contributed by atoms with Gasteiger partial charge in [0.1, 0.15) is 5.60 Å². The van der Waals surface area contributed by atoms with Crippen LogP contribution in [0.2, 0.25) is 0 Å². The van der Waals surface area contributed by atoms with E-state index in [4.69, 9.17) is 14.7 Å². The van der Waals surface area contributed by atoms with Gasteiger partial charge in [-0.1, -0.05) is 6.07 Å². The minimum Gasteiger partial charge on any atom is -0.444 e. The van der Waals surface area contributed by atoms with E-state index in [1.165, 1.54) is 0 Å². The number of nitrogens with zero attached hydrogens (tertiary/aromatic N) is 2. The van der Waals surface area contributed by atoms with Crippen molar-refractivity contribution in [2.45, 2.75) is 51.8 Å². The number of benzene rings is 1. The summed E-state index contributed by atoms with van der Waals surface area (Å²) in [4.78, 5) is 14.2. The lowest BCUT2D eigenvalue weighted by atomic mass is 10.1. The predicted octanol–water partition coefficient (Wildman–Crippen LogP) is 3.38. The van der Waals surface area contributed by atoms with Crippen LogP contribution in [0.1, 0.15) is 39.7 Å². The molecule has 6 nitrogen and oxygen atoms in total. The Labute approximate surface area is 149 Å². The summed E-state index contributed by atoms with van der Waals surface area (Å²) in [6.07, 6.45) is 0.440. The normalized spacial score (nSPS) is 19.0. The lowest BCUT2D eigenvalue weighted by Crippen LogP contribution is -2.51. The molecule has 1 aliphatic heterocycles. The number of nitrogens with one attached hydrogen (secondary N) is 1. The summed E-state index contributed by atoms with van der Waals surface area (Å²) in [7, 11) is 0. The van der Waals surface area contributed by atoms with E-state index in [2.05, 4.69) is 18.3 Å². The standard InChI is InChI=1S/C19H27N3O3/c1-14(21-16-7-5-6-15(11-16)12-20)10-17-13-24-9-8-22(17)18(23)25-19(2,3)4/h5-7,11,14,17,21H,8-10,13H2,1-4H3.